The van der Waals surface area contributed by atoms with Crippen molar-refractivity contribution in [1.82, 2.24) is 20.1 Å². The van der Waals surface area contributed by atoms with Crippen LogP contribution in [0.3, 0.4) is 0 Å². The number of furan rings is 1. The van der Waals surface area contributed by atoms with Crippen LogP contribution in [0.5, 0.6) is 11.5 Å². The Hall–Kier alpha value is -3.80. The third-order valence-corrected chi connectivity index (χ3v) is 6.19. The van der Waals surface area contributed by atoms with E-state index in [2.05, 4.69) is 25.2 Å². The molecule has 0 radical (unpaired) electrons. The quantitative estimate of drug-likeness (QED) is 0.407. The average molecular weight is 486 g/mol. The number of aryl methyl sites for hydroxylation is 1. The van der Waals surface area contributed by atoms with E-state index in [1.165, 1.54) is 18.1 Å². The largest absolute Gasteiger partial charge is 0.494 e. The summed E-state index contributed by atoms with van der Waals surface area (Å²) in [7, 11) is 3.14. The summed E-state index contributed by atoms with van der Waals surface area (Å²) < 4.78 is 35.5. The lowest BCUT2D eigenvalue weighted by Crippen LogP contribution is -2.48. The van der Waals surface area contributed by atoms with Gasteiger partial charge in [-0.2, -0.15) is 0 Å². The van der Waals surface area contributed by atoms with E-state index in [4.69, 9.17) is 19.3 Å². The van der Waals surface area contributed by atoms with Crippen molar-refractivity contribution in [1.29, 1.82) is 5.41 Å². The number of para-hydroxylation sites is 1. The molecule has 1 atom stereocenters. The van der Waals surface area contributed by atoms with E-state index in [1.807, 2.05) is 37.3 Å². The maximum atomic E-state index is 13.6. The number of allylic oxidation sites excluding steroid dienone is 1. The molecule has 34 heavy (non-hydrogen) atoms. The summed E-state index contributed by atoms with van der Waals surface area (Å²) >= 11 is 1.26. The Balaban J connectivity index is 1.70. The summed E-state index contributed by atoms with van der Waals surface area (Å²) in [6.07, 6.45) is 2.21. The number of nitrogens with zero attached hydrogens (tertiary/aromatic N) is 4. The molecule has 0 saturated heterocycles. The summed E-state index contributed by atoms with van der Waals surface area (Å²) in [6, 6.07) is 9.09. The fourth-order valence-corrected chi connectivity index (χ4v) is 4.13. The second-order valence-electron chi connectivity index (χ2n) is 7.61. The van der Waals surface area contributed by atoms with Crippen LogP contribution in [0.4, 0.5) is 10.3 Å². The number of halogens is 1. The van der Waals surface area contributed by atoms with Crippen LogP contribution in [-0.2, 0) is 0 Å². The van der Waals surface area contributed by atoms with E-state index in [-0.39, 0.29) is 5.84 Å². The van der Waals surface area contributed by atoms with Crippen LogP contribution in [0.25, 0.3) is 17.3 Å². The number of ether oxygens (including phenoxy) is 2. The first-order valence-corrected chi connectivity index (χ1v) is 11.2. The number of nitrogens with one attached hydrogen (secondary N) is 3. The predicted octanol–water partition coefficient (Wildman–Crippen LogP) is 4.13. The molecule has 0 aliphatic carbocycles. The zero-order valence-electron chi connectivity index (χ0n) is 19.0. The van der Waals surface area contributed by atoms with Gasteiger partial charge in [-0.25, -0.2) is 9.38 Å². The second-order valence-corrected chi connectivity index (χ2v) is 8.39. The Kier molecular flexibility index (Phi) is 6.59. The van der Waals surface area contributed by atoms with Gasteiger partial charge in [-0.3, -0.25) is 14.7 Å². The summed E-state index contributed by atoms with van der Waals surface area (Å²) in [5.41, 5.74) is -0.318. The molecule has 2 aromatic heterocycles. The van der Waals surface area contributed by atoms with Crippen molar-refractivity contribution in [2.45, 2.75) is 19.4 Å². The lowest BCUT2D eigenvalue weighted by molar-refractivity contribution is 0.391. The number of rotatable bonds is 8. The molecule has 178 valence electrons. The minimum atomic E-state index is -0.907. The van der Waals surface area contributed by atoms with Crippen molar-refractivity contribution in [3.63, 3.8) is 0 Å². The lowest BCUT2D eigenvalue weighted by atomic mass is 10.1. The summed E-state index contributed by atoms with van der Waals surface area (Å²) in [4.78, 5) is 3.87. The Morgan fingerprint density at radius 2 is 1.94 bits per heavy atom. The van der Waals surface area contributed by atoms with Crippen molar-refractivity contribution >= 4 is 29.9 Å². The molecular formula is C22H24FN7O3S. The first-order valence-electron chi connectivity index (χ1n) is 10.2. The highest BCUT2D eigenvalue weighted by Crippen LogP contribution is 2.38. The number of hydrogen-bond acceptors (Lipinski definition) is 9. The van der Waals surface area contributed by atoms with Gasteiger partial charge in [-0.1, -0.05) is 6.07 Å². The first-order chi connectivity index (χ1) is 16.4. The van der Waals surface area contributed by atoms with Crippen LogP contribution in [0, 0.1) is 12.3 Å². The van der Waals surface area contributed by atoms with Gasteiger partial charge in [0.25, 0.3) is 0 Å². The molecule has 3 N–H and O–H groups in total. The van der Waals surface area contributed by atoms with Gasteiger partial charge in [0, 0.05) is 12.0 Å². The Labute approximate surface area is 199 Å². The minimum Gasteiger partial charge on any atom is -0.494 e. The summed E-state index contributed by atoms with van der Waals surface area (Å²) in [5.74, 6) is 2.95. The summed E-state index contributed by atoms with van der Waals surface area (Å²) in [5, 5.41) is 19.8. The number of aromatic nitrogens is 3. The van der Waals surface area contributed by atoms with Crippen molar-refractivity contribution in [3.8, 4) is 28.8 Å². The molecule has 0 fully saturated rings. The fourth-order valence-electron chi connectivity index (χ4n) is 3.29. The third-order valence-electron chi connectivity index (χ3n) is 5.14. The highest BCUT2D eigenvalue weighted by Gasteiger charge is 2.31. The van der Waals surface area contributed by atoms with Crippen molar-refractivity contribution < 1.29 is 18.3 Å². The van der Waals surface area contributed by atoms with Crippen LogP contribution in [0.1, 0.15) is 12.7 Å². The molecular weight excluding hydrogens is 461 g/mol. The van der Waals surface area contributed by atoms with Crippen molar-refractivity contribution in [3.05, 3.63) is 48.1 Å². The molecule has 0 spiro atoms. The van der Waals surface area contributed by atoms with E-state index in [1.54, 1.807) is 25.7 Å². The molecule has 3 heterocycles. The topological polar surface area (TPSA) is 123 Å². The predicted molar refractivity (Wildman–Crippen MR) is 130 cm³/mol. The van der Waals surface area contributed by atoms with Crippen LogP contribution in [0.15, 0.2) is 51.8 Å². The Bertz CT molecular complexity index is 1250. The maximum Gasteiger partial charge on any atom is 0.239 e. The van der Waals surface area contributed by atoms with Crippen molar-refractivity contribution in [2.75, 3.05) is 24.7 Å². The number of methoxy groups -OCH3 is 2. The first kappa shape index (κ1) is 23.4. The molecule has 1 aliphatic heterocycles. The number of aliphatic imine (C=N–C) groups is 1. The van der Waals surface area contributed by atoms with E-state index >= 15 is 0 Å². The normalized spacial score (nSPS) is 17.7. The number of benzene rings is 1. The third kappa shape index (κ3) is 4.49. The standard InChI is InChI=1S/C22H24FN7O3S/c1-13-8-9-17(33-13)19-27-28-21(30(19)18-15(31-3)6-5-7-16(18)32-4)29-34-12-22(2)20(24)25-10-14(23)11-26-22/h5-11,24,26H,12H2,1-4H3,(H,28,29). The van der Waals surface area contributed by atoms with Gasteiger partial charge >= 0.3 is 0 Å². The van der Waals surface area contributed by atoms with Gasteiger partial charge in [0.05, 0.1) is 20.4 Å². The molecule has 1 aliphatic rings. The second kappa shape index (κ2) is 9.59. The Morgan fingerprint density at radius 1 is 1.21 bits per heavy atom. The highest BCUT2D eigenvalue weighted by atomic mass is 32.2. The van der Waals surface area contributed by atoms with E-state index in [0.717, 1.165) is 12.0 Å². The van der Waals surface area contributed by atoms with Gasteiger partial charge in [-0.15, -0.1) is 10.2 Å². The molecule has 0 bridgehead atoms. The van der Waals surface area contributed by atoms with E-state index < -0.39 is 11.4 Å². The number of hydrogen-bond donors (Lipinski definition) is 3. The lowest BCUT2D eigenvalue weighted by Gasteiger charge is -2.27. The molecule has 1 unspecified atom stereocenters. The fraction of sp³-hybridized carbons (Fsp3) is 0.273. The monoisotopic (exact) mass is 485 g/mol. The number of amidine groups is 1. The van der Waals surface area contributed by atoms with Crippen LogP contribution >= 0.6 is 11.9 Å². The van der Waals surface area contributed by atoms with Crippen LogP contribution < -0.4 is 19.5 Å². The number of anilines is 1. The molecule has 10 nitrogen and oxygen atoms in total. The van der Waals surface area contributed by atoms with Gasteiger partial charge in [0.15, 0.2) is 11.6 Å². The molecule has 4 rings (SSSR count). The smallest absolute Gasteiger partial charge is 0.239 e. The highest BCUT2D eigenvalue weighted by molar-refractivity contribution is 8.00. The maximum absolute atomic E-state index is 13.6. The van der Waals surface area contributed by atoms with Gasteiger partial charge in [0.2, 0.25) is 11.8 Å². The van der Waals surface area contributed by atoms with Gasteiger partial charge < -0.3 is 19.2 Å². The minimum absolute atomic E-state index is 0.00492. The molecule has 1 aromatic carbocycles. The SMILES string of the molecule is COc1cccc(OC)c1-n1c(NSCC2(C)NC=C(F)C=NC2=N)nnc1-c1ccc(C)o1. The van der Waals surface area contributed by atoms with Crippen LogP contribution in [-0.4, -0.2) is 52.3 Å². The zero-order chi connectivity index (χ0) is 24.3. The zero-order valence-corrected chi connectivity index (χ0v) is 19.9. The molecule has 12 heteroatoms. The average Bonchev–Trinajstić information content (AvgIpc) is 3.43. The van der Waals surface area contributed by atoms with E-state index in [9.17, 15) is 4.39 Å². The molecule has 0 saturated carbocycles. The molecule has 3 aromatic rings. The molecule has 0 amide bonds. The Morgan fingerprint density at radius 3 is 2.59 bits per heavy atom. The van der Waals surface area contributed by atoms with Gasteiger partial charge in [-0.05, 0) is 50.1 Å². The van der Waals surface area contributed by atoms with Gasteiger partial charge in [0.1, 0.15) is 34.3 Å². The summed E-state index contributed by atoms with van der Waals surface area (Å²) in [6.45, 7) is 3.61. The van der Waals surface area contributed by atoms with Crippen LogP contribution in [0.2, 0.25) is 0 Å². The van der Waals surface area contributed by atoms with Crippen molar-refractivity contribution in [2.24, 2.45) is 4.99 Å². The van der Waals surface area contributed by atoms with E-state index in [0.29, 0.717) is 40.5 Å².